The van der Waals surface area contributed by atoms with Crippen LogP contribution in [0, 0.1) is 11.9 Å². The molecular weight excluding hydrogens is 554 g/mol. The van der Waals surface area contributed by atoms with Gasteiger partial charge in [0.1, 0.15) is 24.0 Å². The van der Waals surface area contributed by atoms with Crippen molar-refractivity contribution in [2.45, 2.75) is 51.4 Å². The molecule has 5 heterocycles. The van der Waals surface area contributed by atoms with Crippen molar-refractivity contribution in [1.29, 1.82) is 0 Å². The van der Waals surface area contributed by atoms with Crippen molar-refractivity contribution >= 4 is 28.0 Å². The molecule has 1 fully saturated rings. The molecule has 1 saturated carbocycles. The highest BCUT2D eigenvalue weighted by atomic mass is 19.1. The fourth-order valence-corrected chi connectivity index (χ4v) is 6.06. The van der Waals surface area contributed by atoms with Crippen LogP contribution in [0.15, 0.2) is 42.9 Å². The van der Waals surface area contributed by atoms with Crippen molar-refractivity contribution in [2.75, 3.05) is 19.8 Å². The molecule has 7 rings (SSSR count). The molecule has 4 aromatic heterocycles. The second-order valence-corrected chi connectivity index (χ2v) is 11.8. The van der Waals surface area contributed by atoms with E-state index in [4.69, 9.17) is 20.4 Å². The van der Waals surface area contributed by atoms with Gasteiger partial charge in [-0.05, 0) is 43.9 Å². The summed E-state index contributed by atoms with van der Waals surface area (Å²) in [5.74, 6) is 1.44. The van der Waals surface area contributed by atoms with Crippen LogP contribution in [0.4, 0.5) is 8.78 Å². The van der Waals surface area contributed by atoms with E-state index in [2.05, 4.69) is 21.7 Å². The summed E-state index contributed by atoms with van der Waals surface area (Å²) >= 11 is 0. The molecule has 10 nitrogen and oxygen atoms in total. The van der Waals surface area contributed by atoms with Crippen molar-refractivity contribution < 1.29 is 18.3 Å². The molecule has 12 heteroatoms. The monoisotopic (exact) mass is 588 g/mol. The zero-order valence-electron chi connectivity index (χ0n) is 24.2. The van der Waals surface area contributed by atoms with Crippen LogP contribution in [0.2, 0.25) is 0 Å². The van der Waals surface area contributed by atoms with E-state index in [0.717, 1.165) is 40.4 Å². The quantitative estimate of drug-likeness (QED) is 0.263. The minimum atomic E-state index is -0.707. The third-order valence-electron chi connectivity index (χ3n) is 8.41. The van der Waals surface area contributed by atoms with Crippen LogP contribution < -0.4 is 10.5 Å². The third-order valence-corrected chi connectivity index (χ3v) is 8.41. The van der Waals surface area contributed by atoms with Gasteiger partial charge in [0.05, 0.1) is 47.6 Å². The molecule has 1 amide bonds. The van der Waals surface area contributed by atoms with Gasteiger partial charge in [-0.25, -0.2) is 19.3 Å². The van der Waals surface area contributed by atoms with Gasteiger partial charge in [0, 0.05) is 38.5 Å². The highest BCUT2D eigenvalue weighted by molar-refractivity contribution is 5.99. The first-order valence-electron chi connectivity index (χ1n) is 14.7. The molecule has 1 aromatic carbocycles. The number of pyridine rings is 1. The largest absolute Gasteiger partial charge is 0.487 e. The lowest BCUT2D eigenvalue weighted by atomic mass is 10.0. The summed E-state index contributed by atoms with van der Waals surface area (Å²) in [6.45, 7) is 3.00. The zero-order valence-corrected chi connectivity index (χ0v) is 24.2. The fourth-order valence-electron chi connectivity index (χ4n) is 6.06. The van der Waals surface area contributed by atoms with E-state index in [-0.39, 0.29) is 18.6 Å². The molecule has 0 radical (unpaired) electrons. The lowest BCUT2D eigenvalue weighted by Gasteiger charge is -2.29. The van der Waals surface area contributed by atoms with E-state index < -0.39 is 18.7 Å². The number of para-hydroxylation sites is 1. The molecule has 43 heavy (non-hydrogen) atoms. The van der Waals surface area contributed by atoms with Crippen LogP contribution in [0.25, 0.3) is 33.6 Å². The number of hydrogen-bond acceptors (Lipinski definition) is 6. The second-order valence-electron chi connectivity index (χ2n) is 11.8. The summed E-state index contributed by atoms with van der Waals surface area (Å²) in [5.41, 5.74) is 10.2. The Kier molecular flexibility index (Phi) is 6.88. The number of nitrogens with two attached hydrogens (primary N) is 1. The Balaban J connectivity index is 1.28. The highest BCUT2D eigenvalue weighted by Crippen LogP contribution is 2.39. The van der Waals surface area contributed by atoms with Crippen LogP contribution in [0.5, 0.6) is 5.75 Å². The third kappa shape index (κ3) is 5.03. The van der Waals surface area contributed by atoms with Gasteiger partial charge in [0.2, 0.25) is 5.95 Å². The fraction of sp³-hybridized carbons (Fsp3) is 0.419. The Labute approximate surface area is 247 Å². The molecular formula is C31H34F2N8O2. The molecule has 0 unspecified atom stereocenters. The molecule has 0 saturated heterocycles. The van der Waals surface area contributed by atoms with Gasteiger partial charge < -0.3 is 29.1 Å². The molecule has 5 aromatic rings. The van der Waals surface area contributed by atoms with Crippen molar-refractivity contribution in [1.82, 2.24) is 33.6 Å². The van der Waals surface area contributed by atoms with Gasteiger partial charge in [0.25, 0.3) is 5.91 Å². The number of carbonyl (C=O) groups is 1. The summed E-state index contributed by atoms with van der Waals surface area (Å²) in [5, 5.41) is 1.02. The van der Waals surface area contributed by atoms with Crippen LogP contribution in [-0.2, 0) is 26.6 Å². The Morgan fingerprint density at radius 3 is 2.77 bits per heavy atom. The Hall–Kier alpha value is -4.32. The minimum absolute atomic E-state index is 0.168. The van der Waals surface area contributed by atoms with Gasteiger partial charge in [-0.3, -0.25) is 4.79 Å². The number of ether oxygens (including phenoxy) is 1. The molecule has 2 N–H and O–H groups in total. The number of benzene rings is 1. The SMILES string of the molecule is C[C@@H](Cn1cncc1F)Oc1cccc2cc(-c3nc4cc5c(nc4n3C)CCN(C[C@H](N)CF)C5=O)n(CC3CC3)c12. The predicted octanol–water partition coefficient (Wildman–Crippen LogP) is 4.10. The predicted molar refractivity (Wildman–Crippen MR) is 158 cm³/mol. The van der Waals surface area contributed by atoms with Crippen LogP contribution in [-0.4, -0.2) is 71.4 Å². The van der Waals surface area contributed by atoms with Gasteiger partial charge >= 0.3 is 0 Å². The first-order chi connectivity index (χ1) is 20.8. The zero-order chi connectivity index (χ0) is 29.8. The van der Waals surface area contributed by atoms with Gasteiger partial charge in [0.15, 0.2) is 11.5 Å². The van der Waals surface area contributed by atoms with Crippen molar-refractivity contribution in [3.05, 3.63) is 60.1 Å². The van der Waals surface area contributed by atoms with Crippen molar-refractivity contribution in [3.8, 4) is 17.3 Å². The number of halogens is 2. The number of alkyl halides is 1. The van der Waals surface area contributed by atoms with Crippen molar-refractivity contribution in [2.24, 2.45) is 18.7 Å². The first kappa shape index (κ1) is 27.5. The Morgan fingerprint density at radius 1 is 1.19 bits per heavy atom. The summed E-state index contributed by atoms with van der Waals surface area (Å²) in [6.07, 6.45) is 5.26. The molecule has 224 valence electrons. The first-order valence-corrected chi connectivity index (χ1v) is 14.7. The minimum Gasteiger partial charge on any atom is -0.487 e. The summed E-state index contributed by atoms with van der Waals surface area (Å²) in [4.78, 5) is 28.6. The van der Waals surface area contributed by atoms with E-state index in [1.54, 1.807) is 11.0 Å². The Bertz CT molecular complexity index is 1840. The van der Waals surface area contributed by atoms with E-state index >= 15 is 0 Å². The summed E-state index contributed by atoms with van der Waals surface area (Å²) in [7, 11) is 1.94. The number of hydrogen-bond donors (Lipinski definition) is 1. The number of amides is 1. The standard InChI is InChI=1S/C31H34F2N8O2/c1-18(14-40-17-35-13-27(40)33)43-26-5-3-4-20-10-25(41(28(20)26)15-19-6-7-19)30-37-24-11-22-23(36-29(24)38(30)2)8-9-39(31(22)42)16-21(34)12-32/h3-5,10-11,13,17-19,21H,6-9,12,14-16,34H2,1-2H3/t18-,21+/m0/s1. The molecule has 0 bridgehead atoms. The number of rotatable bonds is 10. The smallest absolute Gasteiger partial charge is 0.255 e. The lowest BCUT2D eigenvalue weighted by molar-refractivity contribution is 0.0723. The summed E-state index contributed by atoms with van der Waals surface area (Å²) in [6, 6.07) is 9.19. The maximum atomic E-state index is 14.0. The topological polar surface area (TPSA) is 109 Å². The van der Waals surface area contributed by atoms with E-state index in [0.29, 0.717) is 42.2 Å². The van der Waals surface area contributed by atoms with Crippen LogP contribution >= 0.6 is 0 Å². The van der Waals surface area contributed by atoms with Gasteiger partial charge in [-0.1, -0.05) is 12.1 Å². The molecule has 2 aliphatic rings. The molecule has 1 aliphatic carbocycles. The van der Waals surface area contributed by atoms with E-state index in [1.165, 1.54) is 29.9 Å². The average molecular weight is 589 g/mol. The highest BCUT2D eigenvalue weighted by Gasteiger charge is 2.30. The van der Waals surface area contributed by atoms with Crippen LogP contribution in [0.3, 0.4) is 0 Å². The molecule has 1 aliphatic heterocycles. The van der Waals surface area contributed by atoms with Crippen molar-refractivity contribution in [3.63, 3.8) is 0 Å². The Morgan fingerprint density at radius 2 is 2.02 bits per heavy atom. The number of fused-ring (bicyclic) bond motifs is 3. The van der Waals surface area contributed by atoms with E-state index in [9.17, 15) is 13.6 Å². The van der Waals surface area contributed by atoms with Gasteiger partial charge in [-0.15, -0.1) is 0 Å². The number of aryl methyl sites for hydroxylation is 1. The molecule has 0 spiro atoms. The van der Waals surface area contributed by atoms with E-state index in [1.807, 2.05) is 30.7 Å². The lowest BCUT2D eigenvalue weighted by Crippen LogP contribution is -2.45. The average Bonchev–Trinajstić information content (AvgIpc) is 3.49. The molecule has 2 atom stereocenters. The van der Waals surface area contributed by atoms with Gasteiger partial charge in [-0.2, -0.15) is 4.39 Å². The normalized spacial score (nSPS) is 16.7. The number of nitrogens with zero attached hydrogens (tertiary/aromatic N) is 7. The van der Waals surface area contributed by atoms with Crippen LogP contribution in [0.1, 0.15) is 35.8 Å². The second kappa shape index (κ2) is 10.7. The number of carbonyl (C=O) groups excluding carboxylic acids is 1. The maximum Gasteiger partial charge on any atom is 0.255 e. The number of aromatic nitrogens is 6. The number of imidazole rings is 2. The maximum absolute atomic E-state index is 14.0. The summed E-state index contributed by atoms with van der Waals surface area (Å²) < 4.78 is 39.2.